The van der Waals surface area contributed by atoms with E-state index >= 15 is 0 Å². The lowest BCUT2D eigenvalue weighted by Crippen LogP contribution is -2.66. The van der Waals surface area contributed by atoms with Gasteiger partial charge >= 0.3 is 5.97 Å². The van der Waals surface area contributed by atoms with Crippen LogP contribution in [0.25, 0.3) is 0 Å². The average molecular weight is 1020 g/mol. The summed E-state index contributed by atoms with van der Waals surface area (Å²) in [5.41, 5.74) is -1.67. The summed E-state index contributed by atoms with van der Waals surface area (Å²) in [7, 11) is 4.88. The van der Waals surface area contributed by atoms with Crippen molar-refractivity contribution in [3.63, 3.8) is 0 Å². The zero-order chi connectivity index (χ0) is 51.6. The maximum absolute atomic E-state index is 12.3. The first kappa shape index (κ1) is 56.0. The van der Waals surface area contributed by atoms with Crippen LogP contribution in [-0.4, -0.2) is 186 Å². The van der Waals surface area contributed by atoms with Crippen LogP contribution in [0.4, 0.5) is 0 Å². The predicted molar refractivity (Wildman–Crippen MR) is 251 cm³/mol. The summed E-state index contributed by atoms with van der Waals surface area (Å²) in [5, 5.41) is 55.6. The van der Waals surface area contributed by atoms with Gasteiger partial charge in [-0.25, -0.2) is 0 Å². The van der Waals surface area contributed by atoms with E-state index < -0.39 is 139 Å². The van der Waals surface area contributed by atoms with Crippen LogP contribution in [-0.2, 0) is 66.4 Å². The maximum atomic E-state index is 12.3. The van der Waals surface area contributed by atoms with E-state index in [1.807, 2.05) is 41.5 Å². The van der Waals surface area contributed by atoms with Crippen LogP contribution >= 0.6 is 0 Å². The van der Waals surface area contributed by atoms with Crippen molar-refractivity contribution in [3.8, 4) is 0 Å². The second-order valence-electron chi connectivity index (χ2n) is 23.4. The molecule has 8 aliphatic rings. The molecule has 10 unspecified atom stereocenters. The molecule has 71 heavy (non-hydrogen) atoms. The Hall–Kier alpha value is -1.21. The van der Waals surface area contributed by atoms with E-state index in [4.69, 9.17) is 61.6 Å². The Bertz CT molecular complexity index is 1800. The molecule has 0 bridgehead atoms. The average Bonchev–Trinajstić information content (AvgIpc) is 4.03. The summed E-state index contributed by atoms with van der Waals surface area (Å²) >= 11 is 0. The van der Waals surface area contributed by atoms with Crippen molar-refractivity contribution < 1.29 is 91.9 Å². The first-order chi connectivity index (χ1) is 33.4. The second-order valence-corrected chi connectivity index (χ2v) is 23.4. The Morgan fingerprint density at radius 1 is 0.704 bits per heavy atom. The number of hydrogen-bond donors (Lipinski definition) is 5. The first-order valence-corrected chi connectivity index (χ1v) is 26.7. The van der Waals surface area contributed by atoms with Gasteiger partial charge in [0.1, 0.15) is 12.2 Å². The third-order valence-corrected chi connectivity index (χ3v) is 18.4. The van der Waals surface area contributed by atoms with E-state index in [1.165, 1.54) is 0 Å². The van der Waals surface area contributed by atoms with Crippen LogP contribution < -0.4 is 0 Å². The number of aliphatic hydroxyl groups excluding tert-OH is 2. The number of carbonyl (C=O) groups is 1. The molecule has 8 heterocycles. The van der Waals surface area contributed by atoms with E-state index in [1.54, 1.807) is 28.3 Å². The number of hydrogen-bond acceptors (Lipinski definition) is 18. The van der Waals surface area contributed by atoms with Crippen LogP contribution in [0.2, 0.25) is 0 Å². The topological polar surface area (TPSA) is 238 Å². The Balaban J connectivity index is 0.993. The highest BCUT2D eigenvalue weighted by atomic mass is 16.7. The standard InChI is InChI=1S/C52H88O19/c1-26-21-27(2)52(58,25-53)69-42(26)36-22-37(64-40-15-13-34(59-10)31(6)62-40)47(65-36)49(9)18-17-38(67-49)48(8)19-20-50(71-48)23-33(54)28(3)43(68-50)29(4)44-46(61-12)45(30(5)51(57,70-44)24-39(55)56)66-41-16-14-35(60-11)32(7)63-41/h26-38,40-47,53-54,57-58H,13-25H2,1-12H3,(H,55,56)/t26-,27+,28?,29?,30-,31?,32?,33-,34?,35?,36+,37-,38+,40?,41?,42-,43-,44-,45?,46?,47+,48-,49-,50+,51-,52-/m0/s1. The van der Waals surface area contributed by atoms with Gasteiger partial charge in [-0.1, -0.05) is 34.6 Å². The summed E-state index contributed by atoms with van der Waals surface area (Å²) in [6.45, 7) is 17.0. The van der Waals surface area contributed by atoms with Crippen LogP contribution in [0.3, 0.4) is 0 Å². The minimum absolute atomic E-state index is 0.0331. The van der Waals surface area contributed by atoms with E-state index in [2.05, 4.69) is 13.8 Å². The van der Waals surface area contributed by atoms with Gasteiger partial charge in [0.25, 0.3) is 0 Å². The summed E-state index contributed by atoms with van der Waals surface area (Å²) in [6.07, 6.45) is -2.52. The molecule has 8 rings (SSSR count). The molecule has 0 aromatic carbocycles. The molecule has 5 N–H and O–H groups in total. The molecule has 8 fully saturated rings. The molecule has 1 spiro atoms. The van der Waals surface area contributed by atoms with Gasteiger partial charge in [-0.05, 0) is 72.1 Å². The number of aliphatic hydroxyl groups is 4. The summed E-state index contributed by atoms with van der Waals surface area (Å²) < 4.78 is 84.7. The van der Waals surface area contributed by atoms with Gasteiger partial charge in [-0.3, -0.25) is 4.79 Å². The lowest BCUT2D eigenvalue weighted by Gasteiger charge is -2.54. The highest BCUT2D eigenvalue weighted by molar-refractivity contribution is 5.68. The number of carboxylic acid groups (broad SMARTS) is 1. The zero-order valence-corrected chi connectivity index (χ0v) is 44.3. The van der Waals surface area contributed by atoms with Crippen molar-refractivity contribution >= 4 is 5.97 Å². The third-order valence-electron chi connectivity index (χ3n) is 18.4. The molecule has 0 saturated carbocycles. The maximum Gasteiger partial charge on any atom is 0.308 e. The molecular formula is C52H88O19. The molecule has 19 nitrogen and oxygen atoms in total. The van der Waals surface area contributed by atoms with Crippen molar-refractivity contribution in [3.05, 3.63) is 0 Å². The lowest BCUT2D eigenvalue weighted by molar-refractivity contribution is -0.377. The SMILES string of the molecule is COC1CCC(OC2C(OC)[C@H](C(C)[C@H]3O[C@@]4(CC[C@@](C)([C@H]5CC[C@@](C)([C@@H]6O[C@@H]([C@H]7O[C@@](O)(CO)[C@H](C)C[C@@H]7C)C[C@@H]6OC6CCC(OC)C(C)O6)O5)O4)C[C@H](O)C3C)O[C@@](O)(CC(=O)O)[C@H]2C)OC1C. The van der Waals surface area contributed by atoms with Gasteiger partial charge in [0, 0.05) is 77.1 Å². The van der Waals surface area contributed by atoms with Crippen LogP contribution in [0.1, 0.15) is 139 Å². The Morgan fingerprint density at radius 2 is 1.35 bits per heavy atom. The smallest absolute Gasteiger partial charge is 0.308 e. The number of ether oxygens (including phenoxy) is 13. The van der Waals surface area contributed by atoms with Crippen LogP contribution in [0.5, 0.6) is 0 Å². The zero-order valence-electron chi connectivity index (χ0n) is 44.3. The summed E-state index contributed by atoms with van der Waals surface area (Å²) in [4.78, 5) is 12.3. The van der Waals surface area contributed by atoms with Gasteiger partial charge in [0.2, 0.25) is 0 Å². The molecular weight excluding hydrogens is 929 g/mol. The van der Waals surface area contributed by atoms with E-state index in [0.29, 0.717) is 57.8 Å². The fourth-order valence-electron chi connectivity index (χ4n) is 13.8. The largest absolute Gasteiger partial charge is 0.481 e. The number of methoxy groups -OCH3 is 3. The monoisotopic (exact) mass is 1020 g/mol. The molecule has 8 saturated heterocycles. The van der Waals surface area contributed by atoms with Crippen LogP contribution in [0, 0.1) is 29.6 Å². The van der Waals surface area contributed by atoms with Gasteiger partial charge in [0.05, 0.1) is 97.5 Å². The van der Waals surface area contributed by atoms with Crippen LogP contribution in [0.15, 0.2) is 0 Å². The quantitative estimate of drug-likeness (QED) is 0.151. The van der Waals surface area contributed by atoms with Crippen molar-refractivity contribution in [2.45, 2.75) is 266 Å². The normalized spacial score (nSPS) is 53.3. The van der Waals surface area contributed by atoms with E-state index in [0.717, 1.165) is 6.42 Å². The number of carboxylic acids is 1. The minimum atomic E-state index is -2.13. The van der Waals surface area contributed by atoms with Crippen molar-refractivity contribution in [1.82, 2.24) is 0 Å². The Kier molecular flexibility index (Phi) is 17.1. The third kappa shape index (κ3) is 11.0. The van der Waals surface area contributed by atoms with Gasteiger partial charge < -0.3 is 87.1 Å². The predicted octanol–water partition coefficient (Wildman–Crippen LogP) is 4.57. The molecule has 0 radical (unpaired) electrons. The molecule has 410 valence electrons. The van der Waals surface area contributed by atoms with Crippen molar-refractivity contribution in [2.24, 2.45) is 29.6 Å². The summed E-state index contributed by atoms with van der Waals surface area (Å²) in [5.74, 6) is -8.31. The Labute approximate surface area is 420 Å². The van der Waals surface area contributed by atoms with Crippen molar-refractivity contribution in [1.29, 1.82) is 0 Å². The molecule has 8 aliphatic heterocycles. The second kappa shape index (κ2) is 21.7. The fraction of sp³-hybridized carbons (Fsp3) is 0.981. The summed E-state index contributed by atoms with van der Waals surface area (Å²) in [6, 6.07) is 0. The minimum Gasteiger partial charge on any atom is -0.481 e. The first-order valence-electron chi connectivity index (χ1n) is 26.7. The van der Waals surface area contributed by atoms with E-state index in [-0.39, 0.29) is 42.7 Å². The van der Waals surface area contributed by atoms with Crippen molar-refractivity contribution in [2.75, 3.05) is 27.9 Å². The molecule has 0 amide bonds. The molecule has 0 aliphatic carbocycles. The molecule has 0 aromatic rings. The van der Waals surface area contributed by atoms with Gasteiger partial charge in [-0.15, -0.1) is 0 Å². The van der Waals surface area contributed by atoms with E-state index in [9.17, 15) is 30.3 Å². The number of rotatable bonds is 15. The number of aliphatic carboxylic acids is 1. The fourth-order valence-corrected chi connectivity index (χ4v) is 13.8. The molecule has 19 heteroatoms. The van der Waals surface area contributed by atoms with Gasteiger partial charge in [-0.2, -0.15) is 0 Å². The van der Waals surface area contributed by atoms with Gasteiger partial charge in [0.15, 0.2) is 29.9 Å². The Morgan fingerprint density at radius 3 is 1.94 bits per heavy atom. The lowest BCUT2D eigenvalue weighted by atomic mass is 9.75. The molecule has 26 atom stereocenters. The highest BCUT2D eigenvalue weighted by Gasteiger charge is 2.64. The highest BCUT2D eigenvalue weighted by Crippen LogP contribution is 2.55. The molecule has 0 aromatic heterocycles.